The lowest BCUT2D eigenvalue weighted by molar-refractivity contribution is 0.120. The number of aliphatic imine (C=N–C) groups is 1. The second kappa shape index (κ2) is 7.98. The summed E-state index contributed by atoms with van der Waals surface area (Å²) in [6, 6.07) is 6.85. The molecule has 2 rings (SSSR count). The van der Waals surface area contributed by atoms with Gasteiger partial charge >= 0.3 is 0 Å². The van der Waals surface area contributed by atoms with Crippen LogP contribution < -0.4 is 10.6 Å². The molecule has 0 amide bonds. The van der Waals surface area contributed by atoms with Crippen LogP contribution in [0.15, 0.2) is 29.3 Å². The van der Waals surface area contributed by atoms with Crippen LogP contribution in [0.4, 0.5) is 4.39 Å². The van der Waals surface area contributed by atoms with Crippen molar-refractivity contribution in [3.8, 4) is 0 Å². The minimum Gasteiger partial charge on any atom is -0.393 e. The van der Waals surface area contributed by atoms with Crippen molar-refractivity contribution >= 4 is 5.96 Å². The Bertz CT molecular complexity index is 470. The van der Waals surface area contributed by atoms with Gasteiger partial charge in [-0.1, -0.05) is 12.1 Å². The van der Waals surface area contributed by atoms with Gasteiger partial charge < -0.3 is 15.7 Å². The van der Waals surface area contributed by atoms with Crippen LogP contribution in [-0.2, 0) is 6.54 Å². The molecule has 1 aromatic carbocycles. The highest BCUT2D eigenvalue weighted by molar-refractivity contribution is 5.80. The molecule has 0 saturated heterocycles. The summed E-state index contributed by atoms with van der Waals surface area (Å²) in [5.41, 5.74) is 0.853. The fraction of sp³-hybridized carbons (Fsp3) is 0.562. The molecule has 116 valence electrons. The first-order valence-corrected chi connectivity index (χ1v) is 7.64. The average molecular weight is 293 g/mol. The normalized spacial score (nSPS) is 22.9. The number of nitrogens with one attached hydrogen (secondary N) is 2. The molecule has 1 fully saturated rings. The first-order valence-electron chi connectivity index (χ1n) is 7.64. The first kappa shape index (κ1) is 15.8. The van der Waals surface area contributed by atoms with Gasteiger partial charge in [-0.25, -0.2) is 9.38 Å². The quantitative estimate of drug-likeness (QED) is 0.589. The van der Waals surface area contributed by atoms with Crippen molar-refractivity contribution in [1.29, 1.82) is 0 Å². The maximum absolute atomic E-state index is 13.1. The third kappa shape index (κ3) is 5.34. The number of aliphatic hydroxyl groups excluding tert-OH is 1. The number of guanidine groups is 1. The van der Waals surface area contributed by atoms with Gasteiger partial charge in [0.25, 0.3) is 0 Å². The summed E-state index contributed by atoms with van der Waals surface area (Å²) in [4.78, 5) is 4.50. The van der Waals surface area contributed by atoms with E-state index in [1.807, 2.05) is 13.0 Å². The number of aliphatic hydroxyl groups is 1. The lowest BCUT2D eigenvalue weighted by atomic mass is 9.93. The summed E-state index contributed by atoms with van der Waals surface area (Å²) in [5, 5.41) is 16.1. The minimum absolute atomic E-state index is 0.158. The standard InChI is InChI=1S/C16H24FN3O/c1-2-18-16(20-14-6-8-15(21)9-7-14)19-11-12-4-3-5-13(17)10-12/h3-5,10,14-15,21H,2,6-9,11H2,1H3,(H2,18,19,20). The highest BCUT2D eigenvalue weighted by Gasteiger charge is 2.19. The van der Waals surface area contributed by atoms with Gasteiger partial charge in [-0.15, -0.1) is 0 Å². The van der Waals surface area contributed by atoms with Crippen LogP contribution in [-0.4, -0.2) is 29.8 Å². The molecular weight excluding hydrogens is 269 g/mol. The van der Waals surface area contributed by atoms with E-state index in [0.29, 0.717) is 12.6 Å². The van der Waals surface area contributed by atoms with Crippen molar-refractivity contribution < 1.29 is 9.50 Å². The van der Waals surface area contributed by atoms with Crippen molar-refractivity contribution in [2.45, 2.75) is 51.3 Å². The molecular formula is C16H24FN3O. The third-order valence-electron chi connectivity index (χ3n) is 3.69. The maximum Gasteiger partial charge on any atom is 0.191 e. The molecule has 3 N–H and O–H groups in total. The molecule has 1 aromatic rings. The summed E-state index contributed by atoms with van der Waals surface area (Å²) in [5.74, 6) is 0.519. The van der Waals surface area contributed by atoms with Crippen LogP contribution in [0.2, 0.25) is 0 Å². The molecule has 1 aliphatic carbocycles. The van der Waals surface area contributed by atoms with Crippen molar-refractivity contribution in [1.82, 2.24) is 10.6 Å². The molecule has 0 aromatic heterocycles. The Labute approximate surface area is 125 Å². The average Bonchev–Trinajstić information content (AvgIpc) is 2.47. The third-order valence-corrected chi connectivity index (χ3v) is 3.69. The molecule has 1 aliphatic rings. The molecule has 4 nitrogen and oxygen atoms in total. The van der Waals surface area contributed by atoms with E-state index in [-0.39, 0.29) is 11.9 Å². The fourth-order valence-electron chi connectivity index (χ4n) is 2.54. The monoisotopic (exact) mass is 293 g/mol. The van der Waals surface area contributed by atoms with Crippen LogP contribution in [0, 0.1) is 5.82 Å². The van der Waals surface area contributed by atoms with Gasteiger partial charge in [0.2, 0.25) is 0 Å². The Morgan fingerprint density at radius 2 is 2.10 bits per heavy atom. The van der Waals surface area contributed by atoms with Gasteiger partial charge in [-0.05, 0) is 50.3 Å². The number of hydrogen-bond acceptors (Lipinski definition) is 2. The van der Waals surface area contributed by atoms with E-state index < -0.39 is 0 Å². The zero-order valence-corrected chi connectivity index (χ0v) is 12.5. The number of nitrogens with zero attached hydrogens (tertiary/aromatic N) is 1. The molecule has 21 heavy (non-hydrogen) atoms. The molecule has 0 spiro atoms. The summed E-state index contributed by atoms with van der Waals surface area (Å²) < 4.78 is 13.1. The fourth-order valence-corrected chi connectivity index (χ4v) is 2.54. The maximum atomic E-state index is 13.1. The summed E-state index contributed by atoms with van der Waals surface area (Å²) in [7, 11) is 0. The number of rotatable bonds is 4. The second-order valence-corrected chi connectivity index (χ2v) is 5.47. The highest BCUT2D eigenvalue weighted by atomic mass is 19.1. The topological polar surface area (TPSA) is 56.7 Å². The van der Waals surface area contributed by atoms with E-state index in [9.17, 15) is 9.50 Å². The van der Waals surface area contributed by atoms with Gasteiger partial charge in [0.05, 0.1) is 12.6 Å². The summed E-state index contributed by atoms with van der Waals surface area (Å²) >= 11 is 0. The van der Waals surface area contributed by atoms with Crippen LogP contribution in [0.25, 0.3) is 0 Å². The van der Waals surface area contributed by atoms with Crippen molar-refractivity contribution in [2.75, 3.05) is 6.54 Å². The Hall–Kier alpha value is -1.62. The molecule has 0 aliphatic heterocycles. The highest BCUT2D eigenvalue weighted by Crippen LogP contribution is 2.18. The summed E-state index contributed by atoms with van der Waals surface area (Å²) in [6.45, 7) is 3.25. The van der Waals surface area contributed by atoms with Crippen molar-refractivity contribution in [2.24, 2.45) is 4.99 Å². The Morgan fingerprint density at radius 3 is 2.76 bits per heavy atom. The van der Waals surface area contributed by atoms with Crippen LogP contribution >= 0.6 is 0 Å². The van der Waals surface area contributed by atoms with Crippen LogP contribution in [0.3, 0.4) is 0 Å². The van der Waals surface area contributed by atoms with E-state index in [2.05, 4.69) is 15.6 Å². The van der Waals surface area contributed by atoms with Gasteiger partial charge in [0, 0.05) is 12.6 Å². The number of benzene rings is 1. The molecule has 1 saturated carbocycles. The zero-order valence-electron chi connectivity index (χ0n) is 12.5. The van der Waals surface area contributed by atoms with E-state index in [1.165, 1.54) is 12.1 Å². The van der Waals surface area contributed by atoms with Gasteiger partial charge in [-0.3, -0.25) is 0 Å². The molecule has 0 atom stereocenters. The summed E-state index contributed by atoms with van der Waals surface area (Å²) in [6.07, 6.45) is 3.41. The molecule has 0 heterocycles. The number of hydrogen-bond donors (Lipinski definition) is 3. The Kier molecular flexibility index (Phi) is 5.99. The van der Waals surface area contributed by atoms with Crippen LogP contribution in [0.1, 0.15) is 38.2 Å². The van der Waals surface area contributed by atoms with E-state index in [1.54, 1.807) is 6.07 Å². The first-order chi connectivity index (χ1) is 10.2. The molecule has 0 unspecified atom stereocenters. The SMILES string of the molecule is CCNC(=NCc1cccc(F)c1)NC1CCC(O)CC1. The minimum atomic E-state index is -0.234. The van der Waals surface area contributed by atoms with Crippen LogP contribution in [0.5, 0.6) is 0 Å². The van der Waals surface area contributed by atoms with Crippen molar-refractivity contribution in [3.05, 3.63) is 35.6 Å². The van der Waals surface area contributed by atoms with E-state index in [0.717, 1.165) is 43.8 Å². The molecule has 0 bridgehead atoms. The molecule has 0 radical (unpaired) electrons. The Morgan fingerprint density at radius 1 is 1.33 bits per heavy atom. The van der Waals surface area contributed by atoms with E-state index >= 15 is 0 Å². The zero-order chi connectivity index (χ0) is 15.1. The number of halogens is 1. The predicted molar refractivity (Wildman–Crippen MR) is 82.6 cm³/mol. The van der Waals surface area contributed by atoms with Gasteiger partial charge in [-0.2, -0.15) is 0 Å². The Balaban J connectivity index is 1.92. The van der Waals surface area contributed by atoms with Gasteiger partial charge in [0.1, 0.15) is 5.82 Å². The largest absolute Gasteiger partial charge is 0.393 e. The van der Waals surface area contributed by atoms with Gasteiger partial charge in [0.15, 0.2) is 5.96 Å². The molecule has 5 heteroatoms. The van der Waals surface area contributed by atoms with Crippen molar-refractivity contribution in [3.63, 3.8) is 0 Å². The predicted octanol–water partition coefficient (Wildman–Crippen LogP) is 2.18. The lowest BCUT2D eigenvalue weighted by Crippen LogP contribution is -2.45. The second-order valence-electron chi connectivity index (χ2n) is 5.47. The smallest absolute Gasteiger partial charge is 0.191 e. The lowest BCUT2D eigenvalue weighted by Gasteiger charge is -2.27. The van der Waals surface area contributed by atoms with E-state index in [4.69, 9.17) is 0 Å².